The number of rotatable bonds is 4. The smallest absolute Gasteiger partial charge is 0.141 e. The average Bonchev–Trinajstić information content (AvgIpc) is 2.38. The summed E-state index contributed by atoms with van der Waals surface area (Å²) in [6.45, 7) is 5.44. The Labute approximate surface area is 109 Å². The number of nitrogens with zero attached hydrogens (tertiary/aromatic N) is 1. The molecule has 1 heterocycles. The van der Waals surface area contributed by atoms with Crippen LogP contribution in [0.3, 0.4) is 0 Å². The molecule has 3 heteroatoms. The monoisotopic (exact) mass is 250 g/mol. The lowest BCUT2D eigenvalue weighted by Gasteiger charge is -2.27. The van der Waals surface area contributed by atoms with Crippen LogP contribution in [0.15, 0.2) is 18.5 Å². The summed E-state index contributed by atoms with van der Waals surface area (Å²) in [5, 5.41) is 3.50. The van der Waals surface area contributed by atoms with E-state index in [2.05, 4.69) is 24.1 Å². The van der Waals surface area contributed by atoms with E-state index in [1.54, 1.807) is 12.3 Å². The van der Waals surface area contributed by atoms with Crippen LogP contribution in [0.2, 0.25) is 0 Å². The van der Waals surface area contributed by atoms with Crippen LogP contribution in [-0.2, 0) is 0 Å². The van der Waals surface area contributed by atoms with E-state index in [-0.39, 0.29) is 11.9 Å². The molecule has 1 N–H and O–H groups in total. The highest BCUT2D eigenvalue weighted by Crippen LogP contribution is 2.28. The highest BCUT2D eigenvalue weighted by Gasteiger charge is 2.18. The number of hydrogen-bond donors (Lipinski definition) is 1. The van der Waals surface area contributed by atoms with Crippen molar-refractivity contribution in [3.63, 3.8) is 0 Å². The molecule has 0 aromatic carbocycles. The zero-order valence-electron chi connectivity index (χ0n) is 11.3. The van der Waals surface area contributed by atoms with Crippen molar-refractivity contribution in [3.05, 3.63) is 29.8 Å². The lowest BCUT2D eigenvalue weighted by molar-refractivity contribution is 0.276. The highest BCUT2D eigenvalue weighted by molar-refractivity contribution is 5.14. The Morgan fingerprint density at radius 3 is 2.72 bits per heavy atom. The van der Waals surface area contributed by atoms with Gasteiger partial charge in [-0.15, -0.1) is 0 Å². The highest BCUT2D eigenvalue weighted by atomic mass is 19.1. The fourth-order valence-corrected chi connectivity index (χ4v) is 2.66. The average molecular weight is 250 g/mol. The summed E-state index contributed by atoms with van der Waals surface area (Å²) >= 11 is 0. The molecule has 1 unspecified atom stereocenters. The molecule has 1 aliphatic carbocycles. The molecule has 2 nitrogen and oxygen atoms in total. The molecule has 2 rings (SSSR count). The first-order chi connectivity index (χ1) is 8.65. The molecular weight excluding hydrogens is 227 g/mol. The van der Waals surface area contributed by atoms with Gasteiger partial charge in [-0.05, 0) is 49.8 Å². The molecule has 0 amide bonds. The molecule has 1 fully saturated rings. The number of aromatic nitrogens is 1. The molecule has 1 aliphatic rings. The zero-order valence-corrected chi connectivity index (χ0v) is 11.3. The quantitative estimate of drug-likeness (QED) is 0.881. The fraction of sp³-hybridized carbons (Fsp3) is 0.667. The number of halogens is 1. The predicted octanol–water partition coefficient (Wildman–Crippen LogP) is 3.70. The Hall–Kier alpha value is -0.960. The topological polar surface area (TPSA) is 24.9 Å². The van der Waals surface area contributed by atoms with Crippen LogP contribution in [0, 0.1) is 17.7 Å². The molecular formula is C15H23FN2. The minimum atomic E-state index is -0.257. The SMILES string of the molecule is CC1CCC(CNC(C)c2cncc(F)c2)CC1. The fourth-order valence-electron chi connectivity index (χ4n) is 2.66. The Kier molecular flexibility index (Phi) is 4.70. The van der Waals surface area contributed by atoms with Crippen molar-refractivity contribution in [1.29, 1.82) is 0 Å². The number of hydrogen-bond acceptors (Lipinski definition) is 2. The first-order valence-corrected chi connectivity index (χ1v) is 6.99. The van der Waals surface area contributed by atoms with Gasteiger partial charge in [-0.25, -0.2) is 4.39 Å². The van der Waals surface area contributed by atoms with Crippen LogP contribution in [0.1, 0.15) is 51.1 Å². The van der Waals surface area contributed by atoms with Crippen molar-refractivity contribution < 1.29 is 4.39 Å². The third-order valence-electron chi connectivity index (χ3n) is 4.07. The van der Waals surface area contributed by atoms with E-state index >= 15 is 0 Å². The van der Waals surface area contributed by atoms with Crippen LogP contribution in [-0.4, -0.2) is 11.5 Å². The lowest BCUT2D eigenvalue weighted by Crippen LogP contribution is -2.28. The molecule has 0 bridgehead atoms. The maximum Gasteiger partial charge on any atom is 0.141 e. The second-order valence-corrected chi connectivity index (χ2v) is 5.69. The standard InChI is InChI=1S/C15H23FN2/c1-11-3-5-13(6-4-11)8-18-12(2)14-7-15(16)10-17-9-14/h7,9-13,18H,3-6,8H2,1-2H3. The Morgan fingerprint density at radius 1 is 1.33 bits per heavy atom. The molecule has 18 heavy (non-hydrogen) atoms. The first-order valence-electron chi connectivity index (χ1n) is 6.99. The predicted molar refractivity (Wildman–Crippen MR) is 71.7 cm³/mol. The maximum absolute atomic E-state index is 13.1. The van der Waals surface area contributed by atoms with Crippen molar-refractivity contribution in [3.8, 4) is 0 Å². The Balaban J connectivity index is 1.79. The molecule has 1 aromatic heterocycles. The Morgan fingerprint density at radius 2 is 2.06 bits per heavy atom. The van der Waals surface area contributed by atoms with Gasteiger partial charge in [0.05, 0.1) is 6.20 Å². The van der Waals surface area contributed by atoms with E-state index in [9.17, 15) is 4.39 Å². The second kappa shape index (κ2) is 6.28. The third kappa shape index (κ3) is 3.77. The first kappa shape index (κ1) is 13.5. The minimum Gasteiger partial charge on any atom is -0.310 e. The van der Waals surface area contributed by atoms with Crippen LogP contribution in [0.4, 0.5) is 4.39 Å². The van der Waals surface area contributed by atoms with Crippen molar-refractivity contribution in [1.82, 2.24) is 10.3 Å². The summed E-state index contributed by atoms with van der Waals surface area (Å²) in [6, 6.07) is 1.74. The molecule has 1 saturated carbocycles. The van der Waals surface area contributed by atoms with E-state index < -0.39 is 0 Å². The van der Waals surface area contributed by atoms with Gasteiger partial charge >= 0.3 is 0 Å². The zero-order chi connectivity index (χ0) is 13.0. The normalized spacial score (nSPS) is 25.9. The van der Waals surface area contributed by atoms with Crippen molar-refractivity contribution in [2.45, 2.75) is 45.6 Å². The van der Waals surface area contributed by atoms with E-state index in [4.69, 9.17) is 0 Å². The number of nitrogens with one attached hydrogen (secondary N) is 1. The van der Waals surface area contributed by atoms with E-state index in [0.717, 1.165) is 23.9 Å². The van der Waals surface area contributed by atoms with Gasteiger partial charge in [0.15, 0.2) is 0 Å². The largest absolute Gasteiger partial charge is 0.310 e. The van der Waals surface area contributed by atoms with E-state index in [0.29, 0.717) is 0 Å². The van der Waals surface area contributed by atoms with Gasteiger partial charge in [-0.3, -0.25) is 4.98 Å². The van der Waals surface area contributed by atoms with Crippen molar-refractivity contribution >= 4 is 0 Å². The third-order valence-corrected chi connectivity index (χ3v) is 4.07. The summed E-state index contributed by atoms with van der Waals surface area (Å²) in [5.41, 5.74) is 0.930. The van der Waals surface area contributed by atoms with Gasteiger partial charge in [0.25, 0.3) is 0 Å². The van der Waals surface area contributed by atoms with Gasteiger partial charge in [-0.2, -0.15) is 0 Å². The van der Waals surface area contributed by atoms with Crippen molar-refractivity contribution in [2.24, 2.45) is 11.8 Å². The van der Waals surface area contributed by atoms with E-state index in [1.807, 2.05) is 0 Å². The minimum absolute atomic E-state index is 0.174. The van der Waals surface area contributed by atoms with Gasteiger partial charge in [0, 0.05) is 12.2 Å². The summed E-state index contributed by atoms with van der Waals surface area (Å²) < 4.78 is 13.1. The molecule has 100 valence electrons. The van der Waals surface area contributed by atoms with Crippen LogP contribution >= 0.6 is 0 Å². The van der Waals surface area contributed by atoms with Gasteiger partial charge in [0.2, 0.25) is 0 Å². The summed E-state index contributed by atoms with van der Waals surface area (Å²) in [4.78, 5) is 3.89. The molecule has 0 radical (unpaired) electrons. The molecule has 1 atom stereocenters. The van der Waals surface area contributed by atoms with Gasteiger partial charge in [0.1, 0.15) is 5.82 Å². The van der Waals surface area contributed by atoms with E-state index in [1.165, 1.54) is 31.9 Å². The van der Waals surface area contributed by atoms with Crippen LogP contribution < -0.4 is 5.32 Å². The van der Waals surface area contributed by atoms with Crippen molar-refractivity contribution in [2.75, 3.05) is 6.54 Å². The summed E-state index contributed by atoms with van der Waals surface area (Å²) in [5.74, 6) is 1.42. The van der Waals surface area contributed by atoms with Gasteiger partial charge < -0.3 is 5.32 Å². The molecule has 1 aromatic rings. The molecule has 0 aliphatic heterocycles. The lowest BCUT2D eigenvalue weighted by atomic mass is 9.83. The summed E-state index contributed by atoms with van der Waals surface area (Å²) in [7, 11) is 0. The second-order valence-electron chi connectivity index (χ2n) is 5.69. The van der Waals surface area contributed by atoms with Crippen LogP contribution in [0.25, 0.3) is 0 Å². The molecule has 0 saturated heterocycles. The molecule has 0 spiro atoms. The summed E-state index contributed by atoms with van der Waals surface area (Å²) in [6.07, 6.45) is 8.33. The maximum atomic E-state index is 13.1. The van der Waals surface area contributed by atoms with Crippen LogP contribution in [0.5, 0.6) is 0 Å². The Bertz CT molecular complexity index is 373. The van der Waals surface area contributed by atoms with Gasteiger partial charge in [-0.1, -0.05) is 19.8 Å². The number of pyridine rings is 1.